The summed E-state index contributed by atoms with van der Waals surface area (Å²) in [6, 6.07) is 11.6. The summed E-state index contributed by atoms with van der Waals surface area (Å²) < 4.78 is 16.4. The highest BCUT2D eigenvalue weighted by molar-refractivity contribution is 5.95. The van der Waals surface area contributed by atoms with E-state index < -0.39 is 0 Å². The van der Waals surface area contributed by atoms with E-state index in [0.717, 1.165) is 30.1 Å². The molecule has 0 radical (unpaired) electrons. The largest absolute Gasteiger partial charge is 0.495 e. The van der Waals surface area contributed by atoms with Crippen LogP contribution in [0.1, 0.15) is 15.9 Å². The molecule has 1 amide bonds. The summed E-state index contributed by atoms with van der Waals surface area (Å²) in [5, 5.41) is 0. The fourth-order valence-electron chi connectivity index (χ4n) is 3.70. The van der Waals surface area contributed by atoms with Crippen molar-refractivity contribution in [3.8, 4) is 17.2 Å². The highest BCUT2D eigenvalue weighted by Gasteiger charge is 2.25. The van der Waals surface area contributed by atoms with Gasteiger partial charge in [-0.25, -0.2) is 0 Å². The van der Waals surface area contributed by atoms with Gasteiger partial charge in [0.05, 0.1) is 27.0 Å². The van der Waals surface area contributed by atoms with E-state index in [1.807, 2.05) is 35.2 Å². The molecule has 1 aliphatic rings. The Balaban J connectivity index is 1.77. The van der Waals surface area contributed by atoms with Crippen LogP contribution in [0.15, 0.2) is 49.1 Å². The number of carbonyl (C=O) groups is 1. The molecule has 1 saturated heterocycles. The van der Waals surface area contributed by atoms with Gasteiger partial charge in [-0.3, -0.25) is 4.79 Å². The van der Waals surface area contributed by atoms with Gasteiger partial charge in [0.1, 0.15) is 5.75 Å². The molecule has 3 rings (SSSR count). The van der Waals surface area contributed by atoms with Crippen molar-refractivity contribution in [2.45, 2.75) is 6.42 Å². The number of piperazine rings is 1. The number of allylic oxidation sites excluding steroid dienone is 1. The fraction of sp³-hybridized carbons (Fsp3) is 0.348. The van der Waals surface area contributed by atoms with Crippen LogP contribution in [0.5, 0.6) is 17.2 Å². The topological polar surface area (TPSA) is 51.2 Å². The number of hydrogen-bond donors (Lipinski definition) is 0. The zero-order chi connectivity index (χ0) is 20.8. The van der Waals surface area contributed by atoms with Gasteiger partial charge in [0, 0.05) is 37.3 Å². The molecule has 154 valence electrons. The summed E-state index contributed by atoms with van der Waals surface area (Å²) in [7, 11) is 4.86. The third-order valence-corrected chi connectivity index (χ3v) is 5.16. The van der Waals surface area contributed by atoms with Crippen LogP contribution in [0.4, 0.5) is 5.69 Å². The maximum atomic E-state index is 13.2. The Labute approximate surface area is 172 Å². The quantitative estimate of drug-likeness (QED) is 0.672. The zero-order valence-corrected chi connectivity index (χ0v) is 17.3. The van der Waals surface area contributed by atoms with Gasteiger partial charge in [-0.15, -0.1) is 6.58 Å². The number of amides is 1. The van der Waals surface area contributed by atoms with Crippen LogP contribution in [0.2, 0.25) is 0 Å². The summed E-state index contributed by atoms with van der Waals surface area (Å²) in [6.07, 6.45) is 2.39. The van der Waals surface area contributed by atoms with Crippen molar-refractivity contribution >= 4 is 11.6 Å². The second kappa shape index (κ2) is 9.37. The van der Waals surface area contributed by atoms with Gasteiger partial charge in [-0.1, -0.05) is 18.2 Å². The van der Waals surface area contributed by atoms with Crippen molar-refractivity contribution in [1.82, 2.24) is 4.90 Å². The molecule has 2 aromatic carbocycles. The third kappa shape index (κ3) is 4.31. The Bertz CT molecular complexity index is 873. The lowest BCUT2D eigenvalue weighted by atomic mass is 10.0. The lowest BCUT2D eigenvalue weighted by molar-refractivity contribution is 0.0746. The third-order valence-electron chi connectivity index (χ3n) is 5.16. The minimum atomic E-state index is -0.00376. The van der Waals surface area contributed by atoms with Crippen LogP contribution in [-0.2, 0) is 6.42 Å². The first kappa shape index (κ1) is 20.6. The van der Waals surface area contributed by atoms with Gasteiger partial charge in [-0.05, 0) is 30.7 Å². The van der Waals surface area contributed by atoms with E-state index >= 15 is 0 Å². The lowest BCUT2D eigenvalue weighted by Crippen LogP contribution is -2.48. The van der Waals surface area contributed by atoms with Crippen LogP contribution in [-0.4, -0.2) is 58.3 Å². The summed E-state index contributed by atoms with van der Waals surface area (Å²) in [5.74, 6) is 2.05. The van der Waals surface area contributed by atoms with Crippen molar-refractivity contribution in [2.75, 3.05) is 52.4 Å². The molecule has 0 spiro atoms. The number of rotatable bonds is 7. The Hall–Kier alpha value is -3.15. The minimum Gasteiger partial charge on any atom is -0.495 e. The first-order valence-corrected chi connectivity index (χ1v) is 9.66. The SMILES string of the molecule is C=CCc1cc(C(=O)N2CCN(c3ccccc3OC)CC2)cc(OC)c1OC. The van der Waals surface area contributed by atoms with Crippen LogP contribution < -0.4 is 19.1 Å². The van der Waals surface area contributed by atoms with Crippen LogP contribution >= 0.6 is 0 Å². The number of carbonyl (C=O) groups excluding carboxylic acids is 1. The van der Waals surface area contributed by atoms with E-state index in [9.17, 15) is 4.79 Å². The number of ether oxygens (including phenoxy) is 3. The van der Waals surface area contributed by atoms with Gasteiger partial charge >= 0.3 is 0 Å². The highest BCUT2D eigenvalue weighted by atomic mass is 16.5. The number of methoxy groups -OCH3 is 3. The Morgan fingerprint density at radius 1 is 1.00 bits per heavy atom. The highest BCUT2D eigenvalue weighted by Crippen LogP contribution is 2.34. The maximum Gasteiger partial charge on any atom is 0.254 e. The van der Waals surface area contributed by atoms with Crippen molar-refractivity contribution in [2.24, 2.45) is 0 Å². The minimum absolute atomic E-state index is 0.00376. The summed E-state index contributed by atoms with van der Waals surface area (Å²) in [6.45, 7) is 6.57. The molecule has 1 fully saturated rings. The van der Waals surface area contributed by atoms with Crippen molar-refractivity contribution < 1.29 is 19.0 Å². The summed E-state index contributed by atoms with van der Waals surface area (Å²) >= 11 is 0. The van der Waals surface area contributed by atoms with Crippen LogP contribution in [0.3, 0.4) is 0 Å². The van der Waals surface area contributed by atoms with E-state index in [2.05, 4.69) is 11.5 Å². The first-order valence-electron chi connectivity index (χ1n) is 9.66. The standard InChI is InChI=1S/C23H28N2O4/c1-5-8-17-15-18(16-21(28-3)22(17)29-4)23(26)25-13-11-24(12-14-25)19-9-6-7-10-20(19)27-2/h5-7,9-10,15-16H,1,8,11-14H2,2-4H3. The molecule has 0 saturated carbocycles. The smallest absolute Gasteiger partial charge is 0.254 e. The molecule has 0 aliphatic carbocycles. The average Bonchev–Trinajstić information content (AvgIpc) is 2.78. The molecule has 0 atom stereocenters. The Morgan fingerprint density at radius 2 is 1.69 bits per heavy atom. The molecule has 0 bridgehead atoms. The summed E-state index contributed by atoms with van der Waals surface area (Å²) in [5.41, 5.74) is 2.55. The van der Waals surface area contributed by atoms with Crippen molar-refractivity contribution in [3.05, 3.63) is 60.2 Å². The van der Waals surface area contributed by atoms with E-state index in [1.54, 1.807) is 33.5 Å². The van der Waals surface area contributed by atoms with Crippen LogP contribution in [0.25, 0.3) is 0 Å². The lowest BCUT2D eigenvalue weighted by Gasteiger charge is -2.36. The normalized spacial score (nSPS) is 13.8. The maximum absolute atomic E-state index is 13.2. The van der Waals surface area contributed by atoms with Crippen LogP contribution in [0, 0.1) is 0 Å². The molecule has 0 N–H and O–H groups in total. The number of anilines is 1. The average molecular weight is 396 g/mol. The molecule has 29 heavy (non-hydrogen) atoms. The second-order valence-electron chi connectivity index (χ2n) is 6.81. The van der Waals surface area contributed by atoms with Gasteiger partial charge in [0.15, 0.2) is 11.5 Å². The number of benzene rings is 2. The van der Waals surface area contributed by atoms with Gasteiger partial charge in [-0.2, -0.15) is 0 Å². The molecular weight excluding hydrogens is 368 g/mol. The van der Waals surface area contributed by atoms with Gasteiger partial charge in [0.2, 0.25) is 0 Å². The molecule has 1 heterocycles. The van der Waals surface area contributed by atoms with Gasteiger partial charge < -0.3 is 24.0 Å². The van der Waals surface area contributed by atoms with Crippen molar-refractivity contribution in [1.29, 1.82) is 0 Å². The predicted molar refractivity (Wildman–Crippen MR) is 115 cm³/mol. The molecule has 2 aromatic rings. The van der Waals surface area contributed by atoms with E-state index in [4.69, 9.17) is 14.2 Å². The molecular formula is C23H28N2O4. The fourth-order valence-corrected chi connectivity index (χ4v) is 3.70. The predicted octanol–water partition coefficient (Wildman–Crippen LogP) is 3.40. The first-order chi connectivity index (χ1) is 14.1. The molecule has 0 aromatic heterocycles. The Kier molecular flexibility index (Phi) is 6.65. The Morgan fingerprint density at radius 3 is 2.31 bits per heavy atom. The second-order valence-corrected chi connectivity index (χ2v) is 6.81. The van der Waals surface area contributed by atoms with E-state index in [0.29, 0.717) is 36.6 Å². The molecule has 6 heteroatoms. The van der Waals surface area contributed by atoms with E-state index in [-0.39, 0.29) is 5.91 Å². The zero-order valence-electron chi connectivity index (χ0n) is 17.3. The number of para-hydroxylation sites is 2. The van der Waals surface area contributed by atoms with Crippen molar-refractivity contribution in [3.63, 3.8) is 0 Å². The number of hydrogen-bond acceptors (Lipinski definition) is 5. The van der Waals surface area contributed by atoms with Gasteiger partial charge in [0.25, 0.3) is 5.91 Å². The van der Waals surface area contributed by atoms with E-state index in [1.165, 1.54) is 0 Å². The molecule has 1 aliphatic heterocycles. The number of nitrogens with zero attached hydrogens (tertiary/aromatic N) is 2. The monoisotopic (exact) mass is 396 g/mol. The molecule has 0 unspecified atom stereocenters. The molecule has 6 nitrogen and oxygen atoms in total. The summed E-state index contributed by atoms with van der Waals surface area (Å²) in [4.78, 5) is 17.3.